The lowest BCUT2D eigenvalue weighted by Crippen LogP contribution is -2.43. The van der Waals surface area contributed by atoms with Gasteiger partial charge in [-0.3, -0.25) is 9.59 Å². The zero-order valence-electron chi connectivity index (χ0n) is 13.8. The molecule has 3 fully saturated rings. The van der Waals surface area contributed by atoms with Crippen molar-refractivity contribution in [3.63, 3.8) is 0 Å². The second-order valence-electron chi connectivity index (χ2n) is 7.47. The number of fused-ring (bicyclic) bond motifs is 5. The smallest absolute Gasteiger partial charge is 0.154 e. The van der Waals surface area contributed by atoms with Crippen LogP contribution in [0.3, 0.4) is 0 Å². The first-order valence-electron chi connectivity index (χ1n) is 8.33. The summed E-state index contributed by atoms with van der Waals surface area (Å²) in [6, 6.07) is 4.06. The van der Waals surface area contributed by atoms with Crippen molar-refractivity contribution < 1.29 is 19.4 Å². The van der Waals surface area contributed by atoms with Crippen LogP contribution in [0.1, 0.15) is 41.0 Å². The minimum Gasteiger partial charge on any atom is -0.393 e. The van der Waals surface area contributed by atoms with E-state index in [2.05, 4.69) is 0 Å². The molecule has 5 atom stereocenters. The number of carbonyl (C=O) groups is 2. The Hall–Kier alpha value is -1.52. The standard InChI is InChI=1S/C19H22O4/c1-9-6-10(2)13(11(3)7-9)15-17(21)14-12-4-5-19(8-20,23-12)16(14)18(15)22/h6-7,12,14-16,20H,4-5,8H2,1-3H3/t12-,14-,15?,16+,19-/m0/s1. The minimum atomic E-state index is -0.816. The predicted molar refractivity (Wildman–Crippen MR) is 84.3 cm³/mol. The fourth-order valence-electron chi connectivity index (χ4n) is 5.27. The molecule has 0 radical (unpaired) electrons. The Morgan fingerprint density at radius 1 is 1.17 bits per heavy atom. The van der Waals surface area contributed by atoms with Crippen LogP contribution in [0.5, 0.6) is 0 Å². The number of benzene rings is 1. The lowest BCUT2D eigenvalue weighted by molar-refractivity contribution is -0.132. The molecule has 4 nitrogen and oxygen atoms in total. The Kier molecular flexibility index (Phi) is 3.10. The van der Waals surface area contributed by atoms with Gasteiger partial charge in [0.05, 0.1) is 24.5 Å². The first-order valence-corrected chi connectivity index (χ1v) is 8.33. The molecule has 1 aromatic rings. The van der Waals surface area contributed by atoms with Crippen molar-refractivity contribution in [1.82, 2.24) is 0 Å². The molecular weight excluding hydrogens is 292 g/mol. The second kappa shape index (κ2) is 4.74. The summed E-state index contributed by atoms with van der Waals surface area (Å²) >= 11 is 0. The van der Waals surface area contributed by atoms with Crippen molar-refractivity contribution in [2.45, 2.75) is 51.2 Å². The Balaban J connectivity index is 1.82. The largest absolute Gasteiger partial charge is 0.393 e. The molecule has 1 aliphatic carbocycles. The first kappa shape index (κ1) is 15.0. The predicted octanol–water partition coefficient (Wildman–Crippen LogP) is 2.00. The molecule has 0 aromatic heterocycles. The zero-order chi connectivity index (χ0) is 16.5. The van der Waals surface area contributed by atoms with Gasteiger partial charge in [0.25, 0.3) is 0 Å². The maximum Gasteiger partial charge on any atom is 0.154 e. The topological polar surface area (TPSA) is 63.6 Å². The van der Waals surface area contributed by atoms with Crippen LogP contribution in [0.4, 0.5) is 0 Å². The SMILES string of the molecule is Cc1cc(C)c(C2C(=O)[C@H]3[C@@H]4CC[C@@](CO)(O4)[C@H]3C2=O)c(C)c1. The third-order valence-electron chi connectivity index (χ3n) is 6.06. The summed E-state index contributed by atoms with van der Waals surface area (Å²) in [6.07, 6.45) is 1.24. The Morgan fingerprint density at radius 2 is 1.83 bits per heavy atom. The van der Waals surface area contributed by atoms with Crippen molar-refractivity contribution in [1.29, 1.82) is 0 Å². The summed E-state index contributed by atoms with van der Waals surface area (Å²) < 4.78 is 5.89. The fourth-order valence-corrected chi connectivity index (χ4v) is 5.27. The molecule has 1 saturated carbocycles. The molecule has 4 heteroatoms. The molecule has 1 aromatic carbocycles. The number of hydrogen-bond donors (Lipinski definition) is 1. The van der Waals surface area contributed by atoms with E-state index in [9.17, 15) is 14.7 Å². The summed E-state index contributed by atoms with van der Waals surface area (Å²) in [4.78, 5) is 26.2. The molecule has 23 heavy (non-hydrogen) atoms. The van der Waals surface area contributed by atoms with E-state index in [0.717, 1.165) is 28.7 Å². The molecule has 2 aliphatic heterocycles. The van der Waals surface area contributed by atoms with Gasteiger partial charge in [0.2, 0.25) is 0 Å². The highest BCUT2D eigenvalue weighted by atomic mass is 16.5. The summed E-state index contributed by atoms with van der Waals surface area (Å²) in [7, 11) is 0. The van der Waals surface area contributed by atoms with Crippen molar-refractivity contribution in [3.05, 3.63) is 34.4 Å². The molecule has 122 valence electrons. The van der Waals surface area contributed by atoms with Crippen molar-refractivity contribution in [2.75, 3.05) is 6.61 Å². The van der Waals surface area contributed by atoms with Gasteiger partial charge in [0.1, 0.15) is 11.5 Å². The molecule has 4 rings (SSSR count). The van der Waals surface area contributed by atoms with Crippen molar-refractivity contribution >= 4 is 11.6 Å². The van der Waals surface area contributed by atoms with Crippen LogP contribution in [0, 0.1) is 32.6 Å². The zero-order valence-corrected chi connectivity index (χ0v) is 13.8. The summed E-state index contributed by atoms with van der Waals surface area (Å²) in [6.45, 7) is 5.78. The number of aryl methyl sites for hydroxylation is 3. The van der Waals surface area contributed by atoms with Crippen molar-refractivity contribution in [2.24, 2.45) is 11.8 Å². The maximum atomic E-state index is 13.1. The summed E-state index contributed by atoms with van der Waals surface area (Å²) in [5.74, 6) is -1.57. The lowest BCUT2D eigenvalue weighted by Gasteiger charge is -2.29. The highest BCUT2D eigenvalue weighted by molar-refractivity contribution is 6.17. The van der Waals surface area contributed by atoms with Crippen LogP contribution in [-0.4, -0.2) is 35.0 Å². The van der Waals surface area contributed by atoms with Crippen LogP contribution >= 0.6 is 0 Å². The minimum absolute atomic E-state index is 0.00456. The molecule has 2 heterocycles. The number of ketones is 2. The van der Waals surface area contributed by atoms with Crippen molar-refractivity contribution in [3.8, 4) is 0 Å². The van der Waals surface area contributed by atoms with Crippen LogP contribution in [-0.2, 0) is 14.3 Å². The molecular formula is C19H22O4. The van der Waals surface area contributed by atoms with E-state index in [-0.39, 0.29) is 30.2 Å². The number of ether oxygens (including phenoxy) is 1. The van der Waals surface area contributed by atoms with E-state index in [4.69, 9.17) is 4.74 Å². The normalized spacial score (nSPS) is 38.4. The highest BCUT2D eigenvalue weighted by Gasteiger charge is 2.69. The maximum absolute atomic E-state index is 13.1. The second-order valence-corrected chi connectivity index (χ2v) is 7.47. The molecule has 3 aliphatic rings. The number of carbonyl (C=O) groups excluding carboxylic acids is 2. The van der Waals surface area contributed by atoms with E-state index in [1.807, 2.05) is 32.9 Å². The summed E-state index contributed by atoms with van der Waals surface area (Å²) in [5, 5.41) is 9.81. The molecule has 2 saturated heterocycles. The van der Waals surface area contributed by atoms with E-state index < -0.39 is 17.4 Å². The van der Waals surface area contributed by atoms with Crippen LogP contribution in [0.2, 0.25) is 0 Å². The average molecular weight is 314 g/mol. The average Bonchev–Trinajstić information content (AvgIpc) is 3.12. The number of aliphatic hydroxyl groups excluding tert-OH is 1. The lowest BCUT2D eigenvalue weighted by atomic mass is 9.73. The van der Waals surface area contributed by atoms with Gasteiger partial charge in [0, 0.05) is 0 Å². The van der Waals surface area contributed by atoms with E-state index in [1.165, 1.54) is 0 Å². The van der Waals surface area contributed by atoms with Gasteiger partial charge in [0.15, 0.2) is 11.6 Å². The Labute approximate surface area is 135 Å². The van der Waals surface area contributed by atoms with Gasteiger partial charge in [-0.05, 0) is 50.3 Å². The van der Waals surface area contributed by atoms with E-state index >= 15 is 0 Å². The molecule has 1 N–H and O–H groups in total. The van der Waals surface area contributed by atoms with Gasteiger partial charge < -0.3 is 9.84 Å². The Bertz CT molecular complexity index is 699. The molecule has 2 bridgehead atoms. The van der Waals surface area contributed by atoms with Gasteiger partial charge >= 0.3 is 0 Å². The first-order chi connectivity index (χ1) is 10.9. The van der Waals surface area contributed by atoms with E-state index in [1.54, 1.807) is 0 Å². The van der Waals surface area contributed by atoms with Crippen LogP contribution in [0.15, 0.2) is 12.1 Å². The van der Waals surface area contributed by atoms with Gasteiger partial charge in [-0.1, -0.05) is 17.7 Å². The molecule has 0 spiro atoms. The fraction of sp³-hybridized carbons (Fsp3) is 0.579. The highest BCUT2D eigenvalue weighted by Crippen LogP contribution is 2.58. The van der Waals surface area contributed by atoms with Gasteiger partial charge in [-0.2, -0.15) is 0 Å². The quantitative estimate of drug-likeness (QED) is 0.848. The number of rotatable bonds is 2. The number of aliphatic hydroxyl groups is 1. The van der Waals surface area contributed by atoms with Gasteiger partial charge in [-0.15, -0.1) is 0 Å². The molecule has 0 amide bonds. The monoisotopic (exact) mass is 314 g/mol. The van der Waals surface area contributed by atoms with Gasteiger partial charge in [-0.25, -0.2) is 0 Å². The number of hydrogen-bond acceptors (Lipinski definition) is 4. The van der Waals surface area contributed by atoms with Crippen LogP contribution in [0.25, 0.3) is 0 Å². The third kappa shape index (κ3) is 1.79. The number of Topliss-reactive ketones (excluding diaryl/α,β-unsaturated/α-hetero) is 2. The summed E-state index contributed by atoms with van der Waals surface area (Å²) in [5.41, 5.74) is 3.19. The van der Waals surface area contributed by atoms with E-state index in [0.29, 0.717) is 6.42 Å². The Morgan fingerprint density at radius 3 is 2.43 bits per heavy atom. The van der Waals surface area contributed by atoms with Crippen LogP contribution < -0.4 is 0 Å². The molecule has 1 unspecified atom stereocenters. The third-order valence-corrected chi connectivity index (χ3v) is 6.06.